The normalized spacial score (nSPS) is 67.1. The Morgan fingerprint density at radius 1 is 1.05 bits per heavy atom. The van der Waals surface area contributed by atoms with Gasteiger partial charge in [0, 0.05) is 16.7 Å². The van der Waals surface area contributed by atoms with Crippen LogP contribution >= 0.6 is 0 Å². The summed E-state index contributed by atoms with van der Waals surface area (Å²) in [5.41, 5.74) is 0.134. The van der Waals surface area contributed by atoms with E-state index in [0.29, 0.717) is 0 Å². The maximum Gasteiger partial charge on any atom is 0.158 e. The molecule has 108 valence electrons. The topological polar surface area (TPSA) is 42.0 Å². The van der Waals surface area contributed by atoms with Gasteiger partial charge in [-0.2, -0.15) is 0 Å². The number of hydrogen-bond acceptors (Lipinski definition) is 3. The third kappa shape index (κ3) is 1.14. The molecule has 4 aliphatic rings. The lowest BCUT2D eigenvalue weighted by molar-refractivity contribution is -0.159. The zero-order valence-electron chi connectivity index (χ0n) is 12.5. The van der Waals surface area contributed by atoms with Crippen molar-refractivity contribution in [1.29, 1.82) is 0 Å². The van der Waals surface area contributed by atoms with Crippen molar-refractivity contribution in [1.82, 2.24) is 0 Å². The lowest BCUT2D eigenvalue weighted by Crippen LogP contribution is -2.60. The molecule has 5 unspecified atom stereocenters. The van der Waals surface area contributed by atoms with Crippen LogP contribution in [0, 0.1) is 16.7 Å². The maximum absolute atomic E-state index is 10.2. The van der Waals surface area contributed by atoms with Gasteiger partial charge in [0.05, 0.1) is 11.7 Å². The van der Waals surface area contributed by atoms with Crippen LogP contribution in [0.4, 0.5) is 0 Å². The van der Waals surface area contributed by atoms with Gasteiger partial charge in [-0.15, -0.1) is 0 Å². The van der Waals surface area contributed by atoms with E-state index in [2.05, 4.69) is 27.7 Å². The van der Waals surface area contributed by atoms with Crippen molar-refractivity contribution in [3.05, 3.63) is 0 Å². The molecule has 1 spiro atoms. The summed E-state index contributed by atoms with van der Waals surface area (Å²) in [6.45, 7) is 9.07. The molecular formula is C16H26O3. The molecule has 7 atom stereocenters. The minimum Gasteiger partial charge on any atom is -0.368 e. The Hall–Kier alpha value is -0.120. The van der Waals surface area contributed by atoms with Gasteiger partial charge in [0.2, 0.25) is 0 Å². The fourth-order valence-corrected chi connectivity index (χ4v) is 5.73. The van der Waals surface area contributed by atoms with Crippen LogP contribution in [0.15, 0.2) is 0 Å². The Balaban J connectivity index is 1.82. The summed E-state index contributed by atoms with van der Waals surface area (Å²) in [5, 5.41) is 10.2. The van der Waals surface area contributed by atoms with Gasteiger partial charge in [-0.05, 0) is 39.0 Å². The summed E-state index contributed by atoms with van der Waals surface area (Å²) in [6.07, 6.45) is 5.43. The van der Waals surface area contributed by atoms with Gasteiger partial charge in [0.25, 0.3) is 0 Å². The predicted octanol–water partition coefficient (Wildman–Crippen LogP) is 2.86. The lowest BCUT2D eigenvalue weighted by Gasteiger charge is -2.53. The Labute approximate surface area is 115 Å². The van der Waals surface area contributed by atoms with Crippen LogP contribution in [-0.2, 0) is 9.47 Å². The fraction of sp³-hybridized carbons (Fsp3) is 1.00. The Morgan fingerprint density at radius 3 is 2.53 bits per heavy atom. The highest BCUT2D eigenvalue weighted by atomic mass is 16.7. The van der Waals surface area contributed by atoms with Crippen LogP contribution in [0.3, 0.4) is 0 Å². The first-order valence-corrected chi connectivity index (χ1v) is 7.83. The molecule has 4 fully saturated rings. The SMILES string of the molecule is C[C@H]1C(O)OC2C1(C)CC[C@@]1(C)CCCC3(C)OC231. The van der Waals surface area contributed by atoms with E-state index in [1.165, 1.54) is 19.3 Å². The van der Waals surface area contributed by atoms with E-state index in [0.717, 1.165) is 12.8 Å². The molecule has 0 bridgehead atoms. The van der Waals surface area contributed by atoms with E-state index in [9.17, 15) is 5.11 Å². The average molecular weight is 266 g/mol. The number of aliphatic hydroxyl groups is 1. The smallest absolute Gasteiger partial charge is 0.158 e. The van der Waals surface area contributed by atoms with Gasteiger partial charge in [0.1, 0.15) is 5.60 Å². The molecule has 2 aliphatic carbocycles. The molecule has 2 saturated heterocycles. The molecule has 0 aromatic rings. The second-order valence-electron chi connectivity index (χ2n) is 8.18. The highest BCUT2D eigenvalue weighted by Gasteiger charge is 2.84. The van der Waals surface area contributed by atoms with Crippen LogP contribution in [0.5, 0.6) is 0 Å². The molecule has 0 aromatic heterocycles. The van der Waals surface area contributed by atoms with Crippen molar-refractivity contribution in [2.45, 2.75) is 83.4 Å². The molecule has 0 amide bonds. The highest BCUT2D eigenvalue weighted by Crippen LogP contribution is 2.75. The first-order valence-electron chi connectivity index (χ1n) is 7.83. The summed E-state index contributed by atoms with van der Waals surface area (Å²) in [4.78, 5) is 0. The largest absolute Gasteiger partial charge is 0.368 e. The molecule has 0 radical (unpaired) electrons. The van der Waals surface area contributed by atoms with Gasteiger partial charge >= 0.3 is 0 Å². The van der Waals surface area contributed by atoms with Crippen LogP contribution < -0.4 is 0 Å². The monoisotopic (exact) mass is 266 g/mol. The van der Waals surface area contributed by atoms with E-state index in [1.807, 2.05) is 0 Å². The third-order valence-electron chi connectivity index (χ3n) is 7.34. The van der Waals surface area contributed by atoms with Crippen molar-refractivity contribution >= 4 is 0 Å². The molecule has 2 heterocycles. The molecule has 1 N–H and O–H groups in total. The average Bonchev–Trinajstić information content (AvgIpc) is 2.92. The van der Waals surface area contributed by atoms with Crippen molar-refractivity contribution in [2.75, 3.05) is 0 Å². The molecular weight excluding hydrogens is 240 g/mol. The number of hydrogen-bond donors (Lipinski definition) is 1. The fourth-order valence-electron chi connectivity index (χ4n) is 5.73. The summed E-state index contributed by atoms with van der Waals surface area (Å²) in [6, 6.07) is 0. The lowest BCUT2D eigenvalue weighted by atomic mass is 9.49. The van der Waals surface area contributed by atoms with Crippen molar-refractivity contribution in [2.24, 2.45) is 16.7 Å². The zero-order chi connectivity index (χ0) is 13.7. The quantitative estimate of drug-likeness (QED) is 0.686. The molecule has 2 saturated carbocycles. The van der Waals surface area contributed by atoms with Gasteiger partial charge in [-0.3, -0.25) is 0 Å². The number of ether oxygens (including phenoxy) is 2. The molecule has 19 heavy (non-hydrogen) atoms. The number of epoxide rings is 1. The van der Waals surface area contributed by atoms with Gasteiger partial charge in [0.15, 0.2) is 6.29 Å². The van der Waals surface area contributed by atoms with Gasteiger partial charge in [-0.1, -0.05) is 20.8 Å². The summed E-state index contributed by atoms with van der Waals surface area (Å²) < 4.78 is 12.5. The number of fused-ring (bicyclic) bond motifs is 1. The maximum atomic E-state index is 10.2. The molecule has 2 aliphatic heterocycles. The Morgan fingerprint density at radius 2 is 1.79 bits per heavy atom. The van der Waals surface area contributed by atoms with Crippen LogP contribution in [-0.4, -0.2) is 28.7 Å². The van der Waals surface area contributed by atoms with Crippen molar-refractivity contribution in [3.63, 3.8) is 0 Å². The third-order valence-corrected chi connectivity index (χ3v) is 7.34. The molecule has 4 rings (SSSR count). The van der Waals surface area contributed by atoms with E-state index >= 15 is 0 Å². The van der Waals surface area contributed by atoms with E-state index < -0.39 is 6.29 Å². The van der Waals surface area contributed by atoms with Crippen LogP contribution in [0.1, 0.15) is 59.8 Å². The standard InChI is InChI=1S/C16H26O3/c1-10-11(17)18-12-14(10,3)9-8-13(2)6-5-7-15(4)16(12,13)19-15/h10-12,17H,5-9H2,1-4H3/t10-,11?,12?,13+,14?,15?,16?/m0/s1. The zero-order valence-corrected chi connectivity index (χ0v) is 12.5. The number of aliphatic hydroxyl groups excluding tert-OH is 1. The minimum absolute atomic E-state index is 0.0177. The first-order chi connectivity index (χ1) is 8.79. The highest BCUT2D eigenvalue weighted by molar-refractivity contribution is 5.31. The van der Waals surface area contributed by atoms with Crippen molar-refractivity contribution in [3.8, 4) is 0 Å². The van der Waals surface area contributed by atoms with Gasteiger partial charge < -0.3 is 14.6 Å². The van der Waals surface area contributed by atoms with Crippen LogP contribution in [0.2, 0.25) is 0 Å². The summed E-state index contributed by atoms with van der Waals surface area (Å²) >= 11 is 0. The van der Waals surface area contributed by atoms with E-state index in [1.54, 1.807) is 0 Å². The Kier molecular flexibility index (Phi) is 2.13. The second kappa shape index (κ2) is 3.20. The second-order valence-corrected chi connectivity index (χ2v) is 8.18. The number of rotatable bonds is 0. The molecule has 0 aromatic carbocycles. The molecule has 3 heteroatoms. The summed E-state index contributed by atoms with van der Waals surface area (Å²) in [7, 11) is 0. The Bertz CT molecular complexity index is 438. The van der Waals surface area contributed by atoms with E-state index in [-0.39, 0.29) is 34.1 Å². The summed E-state index contributed by atoms with van der Waals surface area (Å²) in [5.74, 6) is 0.201. The van der Waals surface area contributed by atoms with Gasteiger partial charge in [-0.25, -0.2) is 0 Å². The molecule has 3 nitrogen and oxygen atoms in total. The van der Waals surface area contributed by atoms with Crippen LogP contribution in [0.25, 0.3) is 0 Å². The predicted molar refractivity (Wildman–Crippen MR) is 71.6 cm³/mol. The first kappa shape index (κ1) is 12.6. The van der Waals surface area contributed by atoms with Crippen molar-refractivity contribution < 1.29 is 14.6 Å². The minimum atomic E-state index is -0.623. The van der Waals surface area contributed by atoms with E-state index in [4.69, 9.17) is 9.47 Å².